The Hall–Kier alpha value is -1.64. The minimum atomic E-state index is 0.623. The normalized spacial score (nSPS) is 13.3. The van der Waals surface area contributed by atoms with E-state index in [1.807, 2.05) is 18.2 Å². The van der Waals surface area contributed by atoms with Crippen molar-refractivity contribution in [1.29, 1.82) is 0 Å². The Bertz CT molecular complexity index is 388. The number of fused-ring (bicyclic) bond motifs is 1. The summed E-state index contributed by atoms with van der Waals surface area (Å²) in [5, 5.41) is 3.31. The van der Waals surface area contributed by atoms with E-state index in [0.717, 1.165) is 30.2 Å². The van der Waals surface area contributed by atoms with Gasteiger partial charge in [-0.3, -0.25) is 0 Å². The highest BCUT2D eigenvalue weighted by molar-refractivity contribution is 5.55. The Morgan fingerprint density at radius 2 is 2.06 bits per heavy atom. The highest BCUT2D eigenvalue weighted by Gasteiger charge is 2.11. The van der Waals surface area contributed by atoms with Gasteiger partial charge in [0, 0.05) is 18.3 Å². The van der Waals surface area contributed by atoms with Crippen molar-refractivity contribution in [2.45, 2.75) is 13.3 Å². The van der Waals surface area contributed by atoms with Crippen LogP contribution in [-0.2, 0) is 0 Å². The molecule has 1 heterocycles. The second kappa shape index (κ2) is 4.92. The van der Waals surface area contributed by atoms with Gasteiger partial charge in [-0.1, -0.05) is 19.1 Å². The molecule has 1 aliphatic heterocycles. The first-order chi connectivity index (χ1) is 7.79. The molecule has 0 unspecified atom stereocenters. The molecule has 2 rings (SSSR count). The van der Waals surface area contributed by atoms with Crippen LogP contribution in [0.5, 0.6) is 11.5 Å². The van der Waals surface area contributed by atoms with Crippen LogP contribution in [-0.4, -0.2) is 19.8 Å². The number of benzene rings is 1. The Labute approximate surface area is 96.1 Å². The van der Waals surface area contributed by atoms with Gasteiger partial charge in [0.25, 0.3) is 0 Å². The van der Waals surface area contributed by atoms with Crippen LogP contribution in [0.3, 0.4) is 0 Å². The third kappa shape index (κ3) is 2.48. The first kappa shape index (κ1) is 10.9. The lowest BCUT2D eigenvalue weighted by Gasteiger charge is -2.19. The van der Waals surface area contributed by atoms with Crippen LogP contribution >= 0.6 is 0 Å². The van der Waals surface area contributed by atoms with Crippen LogP contribution in [0.4, 0.5) is 5.69 Å². The zero-order valence-corrected chi connectivity index (χ0v) is 9.58. The molecule has 86 valence electrons. The smallest absolute Gasteiger partial charge is 0.163 e. The SMILES string of the molecule is C=C(CC)CNc1ccc2c(c1)OCCO2. The average molecular weight is 219 g/mol. The summed E-state index contributed by atoms with van der Waals surface area (Å²) in [6.07, 6.45) is 0.998. The van der Waals surface area contributed by atoms with E-state index >= 15 is 0 Å². The van der Waals surface area contributed by atoms with E-state index in [2.05, 4.69) is 18.8 Å². The van der Waals surface area contributed by atoms with Crippen molar-refractivity contribution < 1.29 is 9.47 Å². The predicted molar refractivity (Wildman–Crippen MR) is 65.4 cm³/mol. The predicted octanol–water partition coefficient (Wildman–Crippen LogP) is 2.84. The Kier molecular flexibility index (Phi) is 3.34. The van der Waals surface area contributed by atoms with Crippen molar-refractivity contribution in [2.24, 2.45) is 0 Å². The number of rotatable bonds is 4. The van der Waals surface area contributed by atoms with E-state index in [1.165, 1.54) is 5.57 Å². The first-order valence-electron chi connectivity index (χ1n) is 5.59. The van der Waals surface area contributed by atoms with Crippen LogP contribution in [0, 0.1) is 0 Å². The van der Waals surface area contributed by atoms with Gasteiger partial charge in [-0.25, -0.2) is 0 Å². The summed E-state index contributed by atoms with van der Waals surface area (Å²) < 4.78 is 11.0. The maximum Gasteiger partial charge on any atom is 0.163 e. The highest BCUT2D eigenvalue weighted by atomic mass is 16.6. The van der Waals surface area contributed by atoms with E-state index in [1.54, 1.807) is 0 Å². The van der Waals surface area contributed by atoms with Crippen LogP contribution in [0.1, 0.15) is 13.3 Å². The fraction of sp³-hybridized carbons (Fsp3) is 0.385. The monoisotopic (exact) mass is 219 g/mol. The molecule has 1 aromatic carbocycles. The van der Waals surface area contributed by atoms with E-state index in [-0.39, 0.29) is 0 Å². The van der Waals surface area contributed by atoms with Crippen LogP contribution in [0.15, 0.2) is 30.4 Å². The molecule has 0 saturated carbocycles. The largest absolute Gasteiger partial charge is 0.486 e. The average Bonchev–Trinajstić information content (AvgIpc) is 2.35. The maximum atomic E-state index is 5.51. The van der Waals surface area contributed by atoms with Gasteiger partial charge in [-0.05, 0) is 18.6 Å². The Morgan fingerprint density at radius 1 is 1.31 bits per heavy atom. The summed E-state index contributed by atoms with van der Waals surface area (Å²) in [7, 11) is 0. The van der Waals surface area contributed by atoms with Crippen molar-refractivity contribution >= 4 is 5.69 Å². The summed E-state index contributed by atoms with van der Waals surface area (Å²) in [5.74, 6) is 1.64. The molecule has 1 aliphatic rings. The number of nitrogens with one attached hydrogen (secondary N) is 1. The quantitative estimate of drug-likeness (QED) is 0.790. The molecule has 3 heteroatoms. The molecule has 1 aromatic rings. The molecule has 0 amide bonds. The lowest BCUT2D eigenvalue weighted by Crippen LogP contribution is -2.15. The molecule has 16 heavy (non-hydrogen) atoms. The number of hydrogen-bond donors (Lipinski definition) is 1. The molecular formula is C13H17NO2. The van der Waals surface area contributed by atoms with E-state index in [4.69, 9.17) is 9.47 Å². The number of ether oxygens (including phenoxy) is 2. The second-order valence-electron chi connectivity index (χ2n) is 3.82. The van der Waals surface area contributed by atoms with Gasteiger partial charge in [-0.2, -0.15) is 0 Å². The van der Waals surface area contributed by atoms with Crippen LogP contribution in [0.25, 0.3) is 0 Å². The van der Waals surface area contributed by atoms with Gasteiger partial charge >= 0.3 is 0 Å². The molecule has 0 saturated heterocycles. The Morgan fingerprint density at radius 3 is 2.81 bits per heavy atom. The first-order valence-corrected chi connectivity index (χ1v) is 5.59. The van der Waals surface area contributed by atoms with E-state index in [9.17, 15) is 0 Å². The summed E-state index contributed by atoms with van der Waals surface area (Å²) in [6.45, 7) is 8.12. The topological polar surface area (TPSA) is 30.5 Å². The second-order valence-corrected chi connectivity index (χ2v) is 3.82. The third-order valence-electron chi connectivity index (χ3n) is 2.58. The molecule has 0 fully saturated rings. The molecule has 3 nitrogen and oxygen atoms in total. The molecule has 1 N–H and O–H groups in total. The van der Waals surface area contributed by atoms with Gasteiger partial charge in [0.15, 0.2) is 11.5 Å². The molecule has 0 atom stereocenters. The lowest BCUT2D eigenvalue weighted by atomic mass is 10.2. The van der Waals surface area contributed by atoms with Gasteiger partial charge in [0.1, 0.15) is 13.2 Å². The number of anilines is 1. The summed E-state index contributed by atoms with van der Waals surface area (Å²) in [6, 6.07) is 5.90. The minimum absolute atomic E-state index is 0.623. The fourth-order valence-corrected chi connectivity index (χ4v) is 1.51. The molecule has 0 aromatic heterocycles. The van der Waals surface area contributed by atoms with E-state index in [0.29, 0.717) is 13.2 Å². The Balaban J connectivity index is 2.03. The van der Waals surface area contributed by atoms with Crippen molar-refractivity contribution in [3.05, 3.63) is 30.4 Å². The van der Waals surface area contributed by atoms with Crippen molar-refractivity contribution in [3.63, 3.8) is 0 Å². The molecule has 0 aliphatic carbocycles. The third-order valence-corrected chi connectivity index (χ3v) is 2.58. The summed E-state index contributed by atoms with van der Waals surface area (Å²) in [5.41, 5.74) is 2.23. The number of hydrogen-bond acceptors (Lipinski definition) is 3. The van der Waals surface area contributed by atoms with Gasteiger partial charge < -0.3 is 14.8 Å². The zero-order valence-electron chi connectivity index (χ0n) is 9.58. The van der Waals surface area contributed by atoms with Gasteiger partial charge in [0.2, 0.25) is 0 Å². The van der Waals surface area contributed by atoms with Crippen LogP contribution in [0.2, 0.25) is 0 Å². The van der Waals surface area contributed by atoms with Gasteiger partial charge in [-0.15, -0.1) is 0 Å². The van der Waals surface area contributed by atoms with Crippen molar-refractivity contribution in [2.75, 3.05) is 25.1 Å². The van der Waals surface area contributed by atoms with Crippen molar-refractivity contribution in [1.82, 2.24) is 0 Å². The molecule has 0 spiro atoms. The molecule has 0 radical (unpaired) electrons. The van der Waals surface area contributed by atoms with Gasteiger partial charge in [0.05, 0.1) is 0 Å². The van der Waals surface area contributed by atoms with Crippen LogP contribution < -0.4 is 14.8 Å². The molecule has 0 bridgehead atoms. The molecular weight excluding hydrogens is 202 g/mol. The fourth-order valence-electron chi connectivity index (χ4n) is 1.51. The van der Waals surface area contributed by atoms with Crippen molar-refractivity contribution in [3.8, 4) is 11.5 Å². The lowest BCUT2D eigenvalue weighted by molar-refractivity contribution is 0.171. The standard InChI is InChI=1S/C13H17NO2/c1-3-10(2)9-14-11-4-5-12-13(8-11)16-7-6-15-12/h4-5,8,14H,2-3,6-7,9H2,1H3. The minimum Gasteiger partial charge on any atom is -0.486 e. The summed E-state index contributed by atoms with van der Waals surface area (Å²) in [4.78, 5) is 0. The van der Waals surface area contributed by atoms with E-state index < -0.39 is 0 Å². The maximum absolute atomic E-state index is 5.51. The highest BCUT2D eigenvalue weighted by Crippen LogP contribution is 2.32. The summed E-state index contributed by atoms with van der Waals surface area (Å²) >= 11 is 0. The zero-order chi connectivity index (χ0) is 11.4.